The molecular weight excluding hydrogens is 537 g/mol. The van der Waals surface area contributed by atoms with Crippen LogP contribution >= 0.6 is 11.3 Å². The summed E-state index contributed by atoms with van der Waals surface area (Å²) >= 11 is 1.90. The summed E-state index contributed by atoms with van der Waals surface area (Å²) in [5, 5.41) is 10.4. The Morgan fingerprint density at radius 2 is 0.837 bits per heavy atom. The van der Waals surface area contributed by atoms with Gasteiger partial charge in [-0.15, -0.1) is 11.3 Å². The molecule has 0 aliphatic carbocycles. The molecule has 0 amide bonds. The number of hydrogen-bond acceptors (Lipinski definition) is 1. The van der Waals surface area contributed by atoms with Gasteiger partial charge in [-0.25, -0.2) is 0 Å². The van der Waals surface area contributed by atoms with Crippen molar-refractivity contribution in [1.29, 1.82) is 0 Å². The molecule has 0 saturated carbocycles. The zero-order valence-corrected chi connectivity index (χ0v) is 24.2. The lowest BCUT2D eigenvalue weighted by molar-refractivity contribution is 1.63. The third-order valence-electron chi connectivity index (χ3n) is 8.86. The normalized spacial score (nSPS) is 11.7. The summed E-state index contributed by atoms with van der Waals surface area (Å²) in [5.74, 6) is 0. The van der Waals surface area contributed by atoms with E-state index in [0.717, 1.165) is 0 Å². The van der Waals surface area contributed by atoms with Gasteiger partial charge in [-0.1, -0.05) is 146 Å². The molecule has 9 rings (SSSR count). The number of hydrogen-bond donors (Lipinski definition) is 0. The van der Waals surface area contributed by atoms with E-state index in [4.69, 9.17) is 0 Å². The first-order valence-corrected chi connectivity index (χ1v) is 15.6. The monoisotopic (exact) mass is 562 g/mol. The van der Waals surface area contributed by atoms with Crippen LogP contribution < -0.4 is 0 Å². The maximum Gasteiger partial charge on any atom is 0.0434 e. The van der Waals surface area contributed by atoms with Crippen LogP contribution in [0.1, 0.15) is 0 Å². The van der Waals surface area contributed by atoms with Crippen molar-refractivity contribution in [1.82, 2.24) is 0 Å². The van der Waals surface area contributed by atoms with Gasteiger partial charge in [-0.05, 0) is 72.3 Å². The average Bonchev–Trinajstić information content (AvgIpc) is 3.46. The fraction of sp³-hybridized carbons (Fsp3) is 0. The van der Waals surface area contributed by atoms with Crippen molar-refractivity contribution in [3.8, 4) is 33.4 Å². The second kappa shape index (κ2) is 9.66. The van der Waals surface area contributed by atoms with Crippen molar-refractivity contribution in [3.63, 3.8) is 0 Å². The molecule has 1 heterocycles. The van der Waals surface area contributed by atoms with Crippen molar-refractivity contribution in [3.05, 3.63) is 158 Å². The number of rotatable bonds is 3. The second-order valence-electron chi connectivity index (χ2n) is 11.2. The highest BCUT2D eigenvalue weighted by Crippen LogP contribution is 2.48. The third kappa shape index (κ3) is 3.75. The highest BCUT2D eigenvalue weighted by atomic mass is 32.1. The molecular formula is C42H26S. The molecule has 0 atom stereocenters. The summed E-state index contributed by atoms with van der Waals surface area (Å²) < 4.78 is 2.69. The van der Waals surface area contributed by atoms with E-state index in [2.05, 4.69) is 158 Å². The molecule has 0 unspecified atom stereocenters. The van der Waals surface area contributed by atoms with Crippen LogP contribution in [0.5, 0.6) is 0 Å². The standard InChI is InChI=1S/C42H26S/c1-2-16-30-27(12-1)13-10-22-31(30)28-14-9-15-29(26-28)40-33-18-3-5-20-35(33)41(36-21-6-4-19-34(36)40)38-24-11-23-37-32-17-7-8-25-39(32)43-42(37)38/h1-26H. The fourth-order valence-corrected chi connectivity index (χ4v) is 8.22. The summed E-state index contributed by atoms with van der Waals surface area (Å²) in [5.41, 5.74) is 7.66. The van der Waals surface area contributed by atoms with Crippen LogP contribution in [0.2, 0.25) is 0 Å². The van der Waals surface area contributed by atoms with Crippen LogP contribution in [0.25, 0.3) is 85.9 Å². The van der Waals surface area contributed by atoms with Gasteiger partial charge >= 0.3 is 0 Å². The predicted octanol–water partition coefficient (Wildman–Crippen LogP) is 12.5. The third-order valence-corrected chi connectivity index (χ3v) is 10.1. The molecule has 0 aliphatic heterocycles. The predicted molar refractivity (Wildman–Crippen MR) is 188 cm³/mol. The van der Waals surface area contributed by atoms with Gasteiger partial charge in [0.15, 0.2) is 0 Å². The molecule has 0 nitrogen and oxygen atoms in total. The minimum atomic E-state index is 1.24. The first-order valence-electron chi connectivity index (χ1n) is 14.8. The molecule has 9 aromatic rings. The molecule has 0 radical (unpaired) electrons. The second-order valence-corrected chi connectivity index (χ2v) is 12.3. The minimum absolute atomic E-state index is 1.24. The topological polar surface area (TPSA) is 0 Å². The molecule has 200 valence electrons. The summed E-state index contributed by atoms with van der Waals surface area (Å²) in [6, 6.07) is 57.9. The Hall–Kier alpha value is -5.24. The van der Waals surface area contributed by atoms with E-state index in [9.17, 15) is 0 Å². The van der Waals surface area contributed by atoms with Gasteiger partial charge in [0.05, 0.1) is 0 Å². The van der Waals surface area contributed by atoms with E-state index in [0.29, 0.717) is 0 Å². The maximum atomic E-state index is 2.38. The quantitative estimate of drug-likeness (QED) is 0.188. The van der Waals surface area contributed by atoms with Gasteiger partial charge in [-0.2, -0.15) is 0 Å². The Morgan fingerprint density at radius 1 is 0.326 bits per heavy atom. The first kappa shape index (κ1) is 24.4. The number of benzene rings is 8. The molecule has 43 heavy (non-hydrogen) atoms. The molecule has 0 bridgehead atoms. The van der Waals surface area contributed by atoms with E-state index >= 15 is 0 Å². The molecule has 0 N–H and O–H groups in total. The smallest absolute Gasteiger partial charge is 0.0434 e. The lowest BCUT2D eigenvalue weighted by atomic mass is 9.85. The van der Waals surface area contributed by atoms with E-state index in [1.54, 1.807) is 0 Å². The number of fused-ring (bicyclic) bond motifs is 6. The Labute approximate surface area is 254 Å². The highest BCUT2D eigenvalue weighted by Gasteiger charge is 2.19. The summed E-state index contributed by atoms with van der Waals surface area (Å²) in [6.45, 7) is 0. The molecule has 1 aromatic heterocycles. The van der Waals surface area contributed by atoms with Crippen molar-refractivity contribution < 1.29 is 0 Å². The van der Waals surface area contributed by atoms with E-state index in [1.807, 2.05) is 11.3 Å². The van der Waals surface area contributed by atoms with Gasteiger partial charge < -0.3 is 0 Å². The van der Waals surface area contributed by atoms with Crippen LogP contribution in [0.15, 0.2) is 158 Å². The minimum Gasteiger partial charge on any atom is -0.135 e. The van der Waals surface area contributed by atoms with Crippen molar-refractivity contribution >= 4 is 63.8 Å². The van der Waals surface area contributed by atoms with Crippen molar-refractivity contribution in [2.75, 3.05) is 0 Å². The lowest BCUT2D eigenvalue weighted by Crippen LogP contribution is -1.91. The van der Waals surface area contributed by atoms with Crippen LogP contribution in [-0.4, -0.2) is 0 Å². The van der Waals surface area contributed by atoms with Gasteiger partial charge in [0.2, 0.25) is 0 Å². The molecule has 0 saturated heterocycles. The Bertz CT molecular complexity index is 2450. The van der Waals surface area contributed by atoms with E-state index in [-0.39, 0.29) is 0 Å². The van der Waals surface area contributed by atoms with Crippen molar-refractivity contribution in [2.45, 2.75) is 0 Å². The highest BCUT2D eigenvalue weighted by molar-refractivity contribution is 7.26. The average molecular weight is 563 g/mol. The van der Waals surface area contributed by atoms with E-state index < -0.39 is 0 Å². The number of thiophene rings is 1. The Morgan fingerprint density at radius 3 is 1.60 bits per heavy atom. The SMILES string of the molecule is c1cc(-c2cccc3ccccc23)cc(-c2c3ccccc3c(-c3cccc4c3sc3ccccc34)c3ccccc23)c1. The summed E-state index contributed by atoms with van der Waals surface area (Å²) in [7, 11) is 0. The molecule has 0 fully saturated rings. The molecule has 8 aromatic carbocycles. The summed E-state index contributed by atoms with van der Waals surface area (Å²) in [4.78, 5) is 0. The zero-order valence-electron chi connectivity index (χ0n) is 23.4. The van der Waals surface area contributed by atoms with Gasteiger partial charge in [0, 0.05) is 25.7 Å². The molecule has 0 aliphatic rings. The largest absolute Gasteiger partial charge is 0.135 e. The lowest BCUT2D eigenvalue weighted by Gasteiger charge is -2.18. The van der Waals surface area contributed by atoms with Crippen LogP contribution in [0, 0.1) is 0 Å². The first-order chi connectivity index (χ1) is 21.3. The van der Waals surface area contributed by atoms with Crippen LogP contribution in [-0.2, 0) is 0 Å². The van der Waals surface area contributed by atoms with E-state index in [1.165, 1.54) is 85.9 Å². The van der Waals surface area contributed by atoms with Crippen molar-refractivity contribution in [2.24, 2.45) is 0 Å². The fourth-order valence-electron chi connectivity index (χ4n) is 6.99. The Balaban J connectivity index is 1.35. The molecule has 1 heteroatoms. The van der Waals surface area contributed by atoms with Gasteiger partial charge in [0.25, 0.3) is 0 Å². The Kier molecular flexibility index (Phi) is 5.47. The zero-order chi connectivity index (χ0) is 28.3. The van der Waals surface area contributed by atoms with Crippen LogP contribution in [0.4, 0.5) is 0 Å². The summed E-state index contributed by atoms with van der Waals surface area (Å²) in [6.07, 6.45) is 0. The van der Waals surface area contributed by atoms with Gasteiger partial charge in [0.1, 0.15) is 0 Å². The molecule has 0 spiro atoms. The van der Waals surface area contributed by atoms with Crippen LogP contribution in [0.3, 0.4) is 0 Å². The van der Waals surface area contributed by atoms with Gasteiger partial charge in [-0.3, -0.25) is 0 Å². The maximum absolute atomic E-state index is 2.38.